The normalized spacial score (nSPS) is 12.2. The van der Waals surface area contributed by atoms with Crippen molar-refractivity contribution in [2.45, 2.75) is 57.4 Å². The van der Waals surface area contributed by atoms with Crippen LogP contribution >= 0.6 is 0 Å². The van der Waals surface area contributed by atoms with Gasteiger partial charge in [0, 0.05) is 11.1 Å². The second kappa shape index (κ2) is 6.58. The van der Waals surface area contributed by atoms with Gasteiger partial charge >= 0.3 is 0 Å². The fourth-order valence-corrected chi connectivity index (χ4v) is 2.89. The molecule has 5 nitrogen and oxygen atoms in total. The minimum Gasteiger partial charge on any atom is -0.347 e. The van der Waals surface area contributed by atoms with Crippen LogP contribution in [0.3, 0.4) is 0 Å². The van der Waals surface area contributed by atoms with E-state index in [1.807, 2.05) is 27.7 Å². The van der Waals surface area contributed by atoms with Gasteiger partial charge < -0.3 is 5.32 Å². The standard InChI is InChI=1S/C15H24N2O3S/c1-5-11-8-9-12(10-13(11)21(16,19)20)14(18)17-15(4,6-2)7-3/h8-10H,5-7H2,1-4H3,(H,17,18)(H2,16,19,20). The molecule has 0 atom stereocenters. The summed E-state index contributed by atoms with van der Waals surface area (Å²) in [5.74, 6) is -0.284. The largest absolute Gasteiger partial charge is 0.347 e. The highest BCUT2D eigenvalue weighted by molar-refractivity contribution is 7.89. The fraction of sp³-hybridized carbons (Fsp3) is 0.533. The Morgan fingerprint density at radius 2 is 1.81 bits per heavy atom. The van der Waals surface area contributed by atoms with E-state index in [2.05, 4.69) is 5.32 Å². The molecule has 1 aromatic rings. The monoisotopic (exact) mass is 312 g/mol. The number of rotatable bonds is 6. The van der Waals surface area contributed by atoms with Gasteiger partial charge in [-0.3, -0.25) is 4.79 Å². The third kappa shape index (κ3) is 4.28. The first-order valence-corrected chi connectivity index (χ1v) is 8.69. The van der Waals surface area contributed by atoms with E-state index >= 15 is 0 Å². The average molecular weight is 312 g/mol. The van der Waals surface area contributed by atoms with E-state index in [4.69, 9.17) is 5.14 Å². The zero-order valence-electron chi connectivity index (χ0n) is 13.1. The quantitative estimate of drug-likeness (QED) is 0.844. The Labute approximate surface area is 127 Å². The zero-order chi connectivity index (χ0) is 16.3. The highest BCUT2D eigenvalue weighted by Gasteiger charge is 2.23. The summed E-state index contributed by atoms with van der Waals surface area (Å²) in [7, 11) is -3.84. The number of carbonyl (C=O) groups excluding carboxylic acids is 1. The van der Waals surface area contributed by atoms with E-state index in [-0.39, 0.29) is 16.3 Å². The molecule has 0 aliphatic heterocycles. The van der Waals surface area contributed by atoms with Gasteiger partial charge in [-0.1, -0.05) is 26.8 Å². The Morgan fingerprint density at radius 3 is 2.24 bits per heavy atom. The van der Waals surface area contributed by atoms with Crippen molar-refractivity contribution in [3.8, 4) is 0 Å². The molecule has 1 rings (SSSR count). The van der Waals surface area contributed by atoms with Gasteiger partial charge in [-0.2, -0.15) is 0 Å². The topological polar surface area (TPSA) is 89.3 Å². The summed E-state index contributed by atoms with van der Waals surface area (Å²) >= 11 is 0. The van der Waals surface area contributed by atoms with Crippen molar-refractivity contribution >= 4 is 15.9 Å². The van der Waals surface area contributed by atoms with Crippen LogP contribution in [-0.2, 0) is 16.4 Å². The number of hydrogen-bond acceptors (Lipinski definition) is 3. The number of aryl methyl sites for hydroxylation is 1. The number of benzene rings is 1. The fourth-order valence-electron chi connectivity index (χ4n) is 2.03. The molecule has 0 aliphatic rings. The molecular weight excluding hydrogens is 288 g/mol. The molecule has 0 fully saturated rings. The Hall–Kier alpha value is -1.40. The van der Waals surface area contributed by atoms with E-state index in [1.165, 1.54) is 6.07 Å². The van der Waals surface area contributed by atoms with Crippen molar-refractivity contribution in [2.75, 3.05) is 0 Å². The van der Waals surface area contributed by atoms with Crippen molar-refractivity contribution in [1.29, 1.82) is 0 Å². The van der Waals surface area contributed by atoms with Crippen LogP contribution in [0.4, 0.5) is 0 Å². The molecule has 0 unspecified atom stereocenters. The van der Waals surface area contributed by atoms with Crippen LogP contribution in [0.1, 0.15) is 56.5 Å². The van der Waals surface area contributed by atoms with E-state index in [0.29, 0.717) is 17.5 Å². The Balaban J connectivity index is 3.19. The lowest BCUT2D eigenvalue weighted by atomic mass is 9.95. The first-order chi connectivity index (χ1) is 9.66. The molecule has 21 heavy (non-hydrogen) atoms. The molecule has 0 heterocycles. The number of primary sulfonamides is 1. The van der Waals surface area contributed by atoms with Gasteiger partial charge in [0.15, 0.2) is 0 Å². The number of hydrogen-bond donors (Lipinski definition) is 2. The summed E-state index contributed by atoms with van der Waals surface area (Å²) in [5, 5.41) is 8.17. The predicted octanol–water partition coefficient (Wildman–Crippen LogP) is 2.20. The summed E-state index contributed by atoms with van der Waals surface area (Å²) in [5.41, 5.74) is 0.620. The van der Waals surface area contributed by atoms with E-state index in [1.54, 1.807) is 12.1 Å². The third-order valence-electron chi connectivity index (χ3n) is 3.99. The maximum Gasteiger partial charge on any atom is 0.251 e. The molecule has 0 aliphatic carbocycles. The second-order valence-electron chi connectivity index (χ2n) is 5.44. The summed E-state index contributed by atoms with van der Waals surface area (Å²) in [4.78, 5) is 12.3. The van der Waals surface area contributed by atoms with Crippen LogP contribution in [0.25, 0.3) is 0 Å². The van der Waals surface area contributed by atoms with Crippen molar-refractivity contribution in [2.24, 2.45) is 5.14 Å². The van der Waals surface area contributed by atoms with Crippen LogP contribution < -0.4 is 10.5 Å². The molecule has 0 aromatic heterocycles. The van der Waals surface area contributed by atoms with E-state index < -0.39 is 10.0 Å². The number of sulfonamides is 1. The summed E-state index contributed by atoms with van der Waals surface area (Å²) < 4.78 is 23.3. The first kappa shape index (κ1) is 17.7. The van der Waals surface area contributed by atoms with Gasteiger partial charge in [-0.05, 0) is 43.9 Å². The highest BCUT2D eigenvalue weighted by atomic mass is 32.2. The maximum atomic E-state index is 12.3. The minimum atomic E-state index is -3.84. The summed E-state index contributed by atoms with van der Waals surface area (Å²) in [6.07, 6.45) is 2.13. The first-order valence-electron chi connectivity index (χ1n) is 7.15. The lowest BCUT2D eigenvalue weighted by Crippen LogP contribution is -2.45. The molecule has 3 N–H and O–H groups in total. The van der Waals surface area contributed by atoms with Crippen molar-refractivity contribution in [3.05, 3.63) is 29.3 Å². The Bertz CT molecular complexity index is 620. The molecular formula is C15H24N2O3S. The smallest absolute Gasteiger partial charge is 0.251 e. The molecule has 1 amide bonds. The summed E-state index contributed by atoms with van der Waals surface area (Å²) in [6, 6.07) is 4.63. The van der Waals surface area contributed by atoms with E-state index in [9.17, 15) is 13.2 Å². The molecule has 0 radical (unpaired) electrons. The van der Waals surface area contributed by atoms with Crippen LogP contribution in [0.5, 0.6) is 0 Å². The minimum absolute atomic E-state index is 0.0207. The van der Waals surface area contributed by atoms with Gasteiger partial charge in [0.2, 0.25) is 10.0 Å². The van der Waals surface area contributed by atoms with Crippen LogP contribution in [-0.4, -0.2) is 19.9 Å². The average Bonchev–Trinajstić information content (AvgIpc) is 2.45. The lowest BCUT2D eigenvalue weighted by molar-refractivity contribution is 0.0901. The van der Waals surface area contributed by atoms with Gasteiger partial charge in [0.1, 0.15) is 0 Å². The Morgan fingerprint density at radius 1 is 1.24 bits per heavy atom. The highest BCUT2D eigenvalue weighted by Crippen LogP contribution is 2.19. The second-order valence-corrected chi connectivity index (χ2v) is 6.97. The number of nitrogens with one attached hydrogen (secondary N) is 1. The number of nitrogens with two attached hydrogens (primary N) is 1. The van der Waals surface area contributed by atoms with Crippen molar-refractivity contribution < 1.29 is 13.2 Å². The molecule has 0 bridgehead atoms. The molecule has 1 aromatic carbocycles. The number of carbonyl (C=O) groups is 1. The van der Waals surface area contributed by atoms with Gasteiger partial charge in [-0.15, -0.1) is 0 Å². The van der Waals surface area contributed by atoms with Crippen LogP contribution in [0, 0.1) is 0 Å². The van der Waals surface area contributed by atoms with Crippen molar-refractivity contribution in [1.82, 2.24) is 5.32 Å². The lowest BCUT2D eigenvalue weighted by Gasteiger charge is -2.28. The maximum absolute atomic E-state index is 12.3. The van der Waals surface area contributed by atoms with E-state index in [0.717, 1.165) is 12.8 Å². The molecule has 0 spiro atoms. The van der Waals surface area contributed by atoms with Gasteiger partial charge in [-0.25, -0.2) is 13.6 Å². The van der Waals surface area contributed by atoms with Gasteiger partial charge in [0.25, 0.3) is 5.91 Å². The zero-order valence-corrected chi connectivity index (χ0v) is 13.9. The molecule has 6 heteroatoms. The predicted molar refractivity (Wildman–Crippen MR) is 83.6 cm³/mol. The Kier molecular flexibility index (Phi) is 5.53. The molecule has 0 saturated carbocycles. The number of amides is 1. The van der Waals surface area contributed by atoms with Gasteiger partial charge in [0.05, 0.1) is 4.90 Å². The molecule has 118 valence electrons. The van der Waals surface area contributed by atoms with Crippen LogP contribution in [0.2, 0.25) is 0 Å². The SMILES string of the molecule is CCc1ccc(C(=O)NC(C)(CC)CC)cc1S(N)(=O)=O. The van der Waals surface area contributed by atoms with Crippen LogP contribution in [0.15, 0.2) is 23.1 Å². The molecule has 0 saturated heterocycles. The van der Waals surface area contributed by atoms with Crippen molar-refractivity contribution in [3.63, 3.8) is 0 Å². The third-order valence-corrected chi connectivity index (χ3v) is 4.99. The summed E-state index contributed by atoms with van der Waals surface area (Å²) in [6.45, 7) is 7.81.